The highest BCUT2D eigenvalue weighted by molar-refractivity contribution is 8.00. The van der Waals surface area contributed by atoms with Crippen molar-refractivity contribution in [2.45, 2.75) is 63.1 Å². The minimum atomic E-state index is 0.836. The molecule has 1 aromatic carbocycles. The Bertz CT molecular complexity index is 402. The van der Waals surface area contributed by atoms with Crippen molar-refractivity contribution >= 4 is 11.8 Å². The average molecular weight is 277 g/mol. The van der Waals surface area contributed by atoms with E-state index in [0.29, 0.717) is 0 Å². The highest BCUT2D eigenvalue weighted by atomic mass is 32.2. The Hall–Kier alpha value is -0.470. The molecule has 1 aliphatic carbocycles. The van der Waals surface area contributed by atoms with Crippen LogP contribution in [0.5, 0.6) is 0 Å². The fourth-order valence-corrected chi connectivity index (χ4v) is 4.36. The van der Waals surface area contributed by atoms with Gasteiger partial charge < -0.3 is 5.32 Å². The molecule has 0 bridgehead atoms. The quantitative estimate of drug-likeness (QED) is 0.831. The van der Waals surface area contributed by atoms with Gasteiger partial charge in [-0.1, -0.05) is 32.8 Å². The SMILES string of the molecule is CCNCc1ccc(SC2CCCC(C)C2)cc1C. The Morgan fingerprint density at radius 3 is 2.84 bits per heavy atom. The van der Waals surface area contributed by atoms with E-state index in [1.165, 1.54) is 41.7 Å². The minimum Gasteiger partial charge on any atom is -0.313 e. The Balaban J connectivity index is 1.95. The highest BCUT2D eigenvalue weighted by Gasteiger charge is 2.19. The van der Waals surface area contributed by atoms with Gasteiger partial charge in [0.25, 0.3) is 0 Å². The van der Waals surface area contributed by atoms with Crippen molar-refractivity contribution in [2.75, 3.05) is 6.54 Å². The Labute approximate surface area is 122 Å². The first-order valence-electron chi connectivity index (χ1n) is 7.66. The van der Waals surface area contributed by atoms with Crippen LogP contribution < -0.4 is 5.32 Å². The molecule has 2 rings (SSSR count). The molecule has 0 spiro atoms. The van der Waals surface area contributed by atoms with Crippen LogP contribution >= 0.6 is 11.8 Å². The van der Waals surface area contributed by atoms with E-state index < -0.39 is 0 Å². The maximum atomic E-state index is 3.41. The summed E-state index contributed by atoms with van der Waals surface area (Å²) in [6.45, 7) is 8.82. The van der Waals surface area contributed by atoms with Gasteiger partial charge in [-0.05, 0) is 55.5 Å². The fraction of sp³-hybridized carbons (Fsp3) is 0.647. The summed E-state index contributed by atoms with van der Waals surface area (Å²) in [4.78, 5) is 1.46. The molecule has 1 aliphatic rings. The van der Waals surface area contributed by atoms with E-state index in [-0.39, 0.29) is 0 Å². The summed E-state index contributed by atoms with van der Waals surface area (Å²) in [6, 6.07) is 6.98. The predicted molar refractivity (Wildman–Crippen MR) is 85.8 cm³/mol. The molecule has 2 atom stereocenters. The zero-order valence-electron chi connectivity index (χ0n) is 12.5. The molecular formula is C17H27NS. The van der Waals surface area contributed by atoms with Gasteiger partial charge in [-0.25, -0.2) is 0 Å². The molecule has 0 aliphatic heterocycles. The molecule has 0 aromatic heterocycles. The number of hydrogen-bond acceptors (Lipinski definition) is 2. The average Bonchev–Trinajstić information content (AvgIpc) is 2.38. The summed E-state index contributed by atoms with van der Waals surface area (Å²) in [5, 5.41) is 4.24. The van der Waals surface area contributed by atoms with E-state index in [4.69, 9.17) is 0 Å². The van der Waals surface area contributed by atoms with Crippen LogP contribution in [-0.4, -0.2) is 11.8 Å². The lowest BCUT2D eigenvalue weighted by atomic mass is 9.91. The zero-order valence-corrected chi connectivity index (χ0v) is 13.4. The largest absolute Gasteiger partial charge is 0.313 e. The molecule has 0 heterocycles. The Morgan fingerprint density at radius 2 is 2.16 bits per heavy atom. The predicted octanol–water partition coefficient (Wildman–Crippen LogP) is 4.78. The van der Waals surface area contributed by atoms with Crippen LogP contribution in [0.3, 0.4) is 0 Å². The molecule has 1 aromatic rings. The normalized spacial score (nSPS) is 23.5. The third-order valence-corrected chi connectivity index (χ3v) is 5.36. The Morgan fingerprint density at radius 1 is 1.32 bits per heavy atom. The van der Waals surface area contributed by atoms with Crippen LogP contribution in [0.15, 0.2) is 23.1 Å². The maximum Gasteiger partial charge on any atom is 0.0208 e. The van der Waals surface area contributed by atoms with Gasteiger partial charge in [-0.15, -0.1) is 11.8 Å². The van der Waals surface area contributed by atoms with Gasteiger partial charge in [0.05, 0.1) is 0 Å². The molecule has 1 nitrogen and oxygen atoms in total. The molecule has 0 radical (unpaired) electrons. The van der Waals surface area contributed by atoms with Crippen molar-refractivity contribution in [3.05, 3.63) is 29.3 Å². The van der Waals surface area contributed by atoms with Gasteiger partial charge >= 0.3 is 0 Å². The first kappa shape index (κ1) is 14.9. The van der Waals surface area contributed by atoms with Crippen molar-refractivity contribution in [3.63, 3.8) is 0 Å². The summed E-state index contributed by atoms with van der Waals surface area (Å²) in [5.74, 6) is 0.917. The molecule has 2 unspecified atom stereocenters. The zero-order chi connectivity index (χ0) is 13.7. The lowest BCUT2D eigenvalue weighted by Crippen LogP contribution is -2.15. The van der Waals surface area contributed by atoms with Gasteiger partial charge in [0.2, 0.25) is 0 Å². The third-order valence-electron chi connectivity index (χ3n) is 4.07. The lowest BCUT2D eigenvalue weighted by molar-refractivity contribution is 0.394. The monoisotopic (exact) mass is 277 g/mol. The van der Waals surface area contributed by atoms with Gasteiger partial charge in [-0.2, -0.15) is 0 Å². The molecule has 106 valence electrons. The van der Waals surface area contributed by atoms with Crippen LogP contribution in [0.25, 0.3) is 0 Å². The molecule has 1 fully saturated rings. The summed E-state index contributed by atoms with van der Waals surface area (Å²) < 4.78 is 0. The molecule has 1 N–H and O–H groups in total. The van der Waals surface area contributed by atoms with E-state index in [9.17, 15) is 0 Å². The van der Waals surface area contributed by atoms with Gasteiger partial charge in [0.15, 0.2) is 0 Å². The van der Waals surface area contributed by atoms with Crippen LogP contribution in [0.4, 0.5) is 0 Å². The lowest BCUT2D eigenvalue weighted by Gasteiger charge is -2.26. The topological polar surface area (TPSA) is 12.0 Å². The smallest absolute Gasteiger partial charge is 0.0208 e. The van der Waals surface area contributed by atoms with E-state index in [1.54, 1.807) is 0 Å². The molecule has 0 saturated heterocycles. The van der Waals surface area contributed by atoms with Crippen molar-refractivity contribution in [2.24, 2.45) is 5.92 Å². The molecular weight excluding hydrogens is 250 g/mol. The van der Waals surface area contributed by atoms with Crippen molar-refractivity contribution in [3.8, 4) is 0 Å². The number of thioether (sulfide) groups is 1. The third kappa shape index (κ3) is 4.54. The van der Waals surface area contributed by atoms with E-state index in [1.807, 2.05) is 0 Å². The molecule has 1 saturated carbocycles. The standard InChI is InChI=1S/C17H27NS/c1-4-18-12-15-8-9-17(11-14(15)3)19-16-7-5-6-13(2)10-16/h8-9,11,13,16,18H,4-7,10,12H2,1-3H3. The van der Waals surface area contributed by atoms with Crippen molar-refractivity contribution in [1.29, 1.82) is 0 Å². The van der Waals surface area contributed by atoms with Crippen LogP contribution in [0, 0.1) is 12.8 Å². The number of rotatable bonds is 5. The maximum absolute atomic E-state index is 3.41. The fourth-order valence-electron chi connectivity index (χ4n) is 2.88. The summed E-state index contributed by atoms with van der Waals surface area (Å²) in [7, 11) is 0. The van der Waals surface area contributed by atoms with Crippen LogP contribution in [-0.2, 0) is 6.54 Å². The first-order chi connectivity index (χ1) is 9.19. The van der Waals surface area contributed by atoms with E-state index >= 15 is 0 Å². The highest BCUT2D eigenvalue weighted by Crippen LogP contribution is 2.36. The minimum absolute atomic E-state index is 0.836. The van der Waals surface area contributed by atoms with Crippen molar-refractivity contribution in [1.82, 2.24) is 5.32 Å². The summed E-state index contributed by atoms with van der Waals surface area (Å²) >= 11 is 2.09. The number of benzene rings is 1. The molecule has 2 heteroatoms. The first-order valence-corrected chi connectivity index (χ1v) is 8.54. The molecule has 19 heavy (non-hydrogen) atoms. The second kappa shape index (κ2) is 7.35. The number of aryl methyl sites for hydroxylation is 1. The number of hydrogen-bond donors (Lipinski definition) is 1. The van der Waals surface area contributed by atoms with Gasteiger partial charge in [0.1, 0.15) is 0 Å². The number of nitrogens with one attached hydrogen (secondary N) is 1. The Kier molecular flexibility index (Phi) is 5.77. The van der Waals surface area contributed by atoms with Crippen LogP contribution in [0.2, 0.25) is 0 Å². The second-order valence-electron chi connectivity index (χ2n) is 5.88. The van der Waals surface area contributed by atoms with E-state index in [0.717, 1.165) is 24.3 Å². The van der Waals surface area contributed by atoms with E-state index in [2.05, 4.69) is 56.0 Å². The van der Waals surface area contributed by atoms with Crippen molar-refractivity contribution < 1.29 is 0 Å². The summed E-state index contributed by atoms with van der Waals surface area (Å²) in [6.07, 6.45) is 5.63. The van der Waals surface area contributed by atoms with Gasteiger partial charge in [-0.3, -0.25) is 0 Å². The summed E-state index contributed by atoms with van der Waals surface area (Å²) in [5.41, 5.74) is 2.86. The van der Waals surface area contributed by atoms with Gasteiger partial charge in [0, 0.05) is 16.7 Å². The van der Waals surface area contributed by atoms with Crippen LogP contribution in [0.1, 0.15) is 50.7 Å². The molecule has 0 amide bonds. The second-order valence-corrected chi connectivity index (χ2v) is 7.25.